The first-order valence-electron chi connectivity index (χ1n) is 8.80. The summed E-state index contributed by atoms with van der Waals surface area (Å²) in [4.78, 5) is 19.8. The molecule has 0 saturated carbocycles. The Labute approximate surface area is 158 Å². The van der Waals surface area contributed by atoms with E-state index in [2.05, 4.69) is 21.9 Å². The Morgan fingerprint density at radius 1 is 1.26 bits per heavy atom. The minimum absolute atomic E-state index is 0.0721. The number of para-hydroxylation sites is 2. The zero-order valence-corrected chi connectivity index (χ0v) is 15.3. The number of methoxy groups -OCH3 is 1. The standard InChI is InChI=1S/C21H23N3O3/c1-3-6-15-9-10-18(19(13-15)26-2)27-14-21(25)22-12-11-20-23-16-7-4-5-8-17(16)24-20/h3-5,7-10,13H,1,6,11-12,14H2,2H3,(H,22,25)(H,23,24). The number of amides is 1. The van der Waals surface area contributed by atoms with E-state index in [0.717, 1.165) is 28.8 Å². The van der Waals surface area contributed by atoms with E-state index in [0.29, 0.717) is 24.5 Å². The fourth-order valence-electron chi connectivity index (χ4n) is 2.76. The van der Waals surface area contributed by atoms with Crippen LogP contribution in [0.3, 0.4) is 0 Å². The van der Waals surface area contributed by atoms with E-state index in [-0.39, 0.29) is 12.5 Å². The van der Waals surface area contributed by atoms with Gasteiger partial charge >= 0.3 is 0 Å². The van der Waals surface area contributed by atoms with Crippen LogP contribution >= 0.6 is 0 Å². The van der Waals surface area contributed by atoms with E-state index in [1.54, 1.807) is 13.2 Å². The van der Waals surface area contributed by atoms with Crippen molar-refractivity contribution in [2.24, 2.45) is 0 Å². The van der Waals surface area contributed by atoms with Crippen LogP contribution in [0.25, 0.3) is 11.0 Å². The van der Waals surface area contributed by atoms with Crippen molar-refractivity contribution in [3.8, 4) is 11.5 Å². The fourth-order valence-corrected chi connectivity index (χ4v) is 2.76. The Kier molecular flexibility index (Phi) is 6.10. The van der Waals surface area contributed by atoms with Crippen LogP contribution in [0.2, 0.25) is 0 Å². The molecule has 0 aliphatic heterocycles. The van der Waals surface area contributed by atoms with Crippen molar-refractivity contribution < 1.29 is 14.3 Å². The molecular weight excluding hydrogens is 342 g/mol. The van der Waals surface area contributed by atoms with Gasteiger partial charge in [-0.25, -0.2) is 4.98 Å². The van der Waals surface area contributed by atoms with E-state index in [9.17, 15) is 4.79 Å². The summed E-state index contributed by atoms with van der Waals surface area (Å²) in [5.74, 6) is 1.79. The maximum atomic E-state index is 12.0. The zero-order chi connectivity index (χ0) is 19.1. The van der Waals surface area contributed by atoms with Crippen molar-refractivity contribution in [3.05, 3.63) is 66.5 Å². The molecule has 2 N–H and O–H groups in total. The maximum absolute atomic E-state index is 12.0. The van der Waals surface area contributed by atoms with E-state index < -0.39 is 0 Å². The summed E-state index contributed by atoms with van der Waals surface area (Å²) >= 11 is 0. The Morgan fingerprint density at radius 2 is 2.11 bits per heavy atom. The molecule has 3 rings (SSSR count). The molecule has 6 heteroatoms. The smallest absolute Gasteiger partial charge is 0.257 e. The largest absolute Gasteiger partial charge is 0.493 e. The number of fused-ring (bicyclic) bond motifs is 1. The van der Waals surface area contributed by atoms with Gasteiger partial charge in [0.15, 0.2) is 18.1 Å². The number of allylic oxidation sites excluding steroid dienone is 1. The number of ether oxygens (including phenoxy) is 2. The highest BCUT2D eigenvalue weighted by molar-refractivity contribution is 5.77. The molecular formula is C21H23N3O3. The van der Waals surface area contributed by atoms with Crippen molar-refractivity contribution in [1.29, 1.82) is 0 Å². The second-order valence-corrected chi connectivity index (χ2v) is 6.07. The second-order valence-electron chi connectivity index (χ2n) is 6.07. The normalized spacial score (nSPS) is 10.6. The first kappa shape index (κ1) is 18.5. The topological polar surface area (TPSA) is 76.2 Å². The number of nitrogens with zero attached hydrogens (tertiary/aromatic N) is 1. The minimum atomic E-state index is -0.191. The molecule has 6 nitrogen and oxygen atoms in total. The van der Waals surface area contributed by atoms with Gasteiger partial charge in [0.25, 0.3) is 5.91 Å². The van der Waals surface area contributed by atoms with Crippen LogP contribution in [0.5, 0.6) is 11.5 Å². The average Bonchev–Trinajstić information content (AvgIpc) is 3.10. The second kappa shape index (κ2) is 8.89. The summed E-state index contributed by atoms with van der Waals surface area (Å²) in [7, 11) is 1.58. The Hall–Kier alpha value is -3.28. The summed E-state index contributed by atoms with van der Waals surface area (Å²) in [6.45, 7) is 4.14. The van der Waals surface area contributed by atoms with Gasteiger partial charge in [-0.1, -0.05) is 24.3 Å². The van der Waals surface area contributed by atoms with E-state index in [4.69, 9.17) is 9.47 Å². The van der Waals surface area contributed by atoms with Crippen LogP contribution < -0.4 is 14.8 Å². The van der Waals surface area contributed by atoms with Gasteiger partial charge in [0, 0.05) is 13.0 Å². The molecule has 0 fully saturated rings. The molecule has 27 heavy (non-hydrogen) atoms. The number of benzene rings is 2. The van der Waals surface area contributed by atoms with Crippen molar-refractivity contribution in [3.63, 3.8) is 0 Å². The van der Waals surface area contributed by atoms with E-state index in [1.807, 2.05) is 42.5 Å². The number of aromatic amines is 1. The van der Waals surface area contributed by atoms with Crippen molar-refractivity contribution in [2.75, 3.05) is 20.3 Å². The Bertz CT molecular complexity index is 900. The monoisotopic (exact) mass is 365 g/mol. The van der Waals surface area contributed by atoms with Gasteiger partial charge in [-0.3, -0.25) is 4.79 Å². The molecule has 2 aromatic carbocycles. The van der Waals surface area contributed by atoms with Gasteiger partial charge in [0.1, 0.15) is 5.82 Å². The number of carbonyl (C=O) groups is 1. The van der Waals surface area contributed by atoms with Gasteiger partial charge in [0.05, 0.1) is 18.1 Å². The third kappa shape index (κ3) is 4.88. The lowest BCUT2D eigenvalue weighted by Gasteiger charge is -2.12. The average molecular weight is 365 g/mol. The van der Waals surface area contributed by atoms with Gasteiger partial charge in [-0.2, -0.15) is 0 Å². The summed E-state index contributed by atoms with van der Waals surface area (Å²) in [5, 5.41) is 2.84. The lowest BCUT2D eigenvalue weighted by molar-refractivity contribution is -0.123. The number of hydrogen-bond acceptors (Lipinski definition) is 4. The molecule has 0 saturated heterocycles. The molecule has 0 spiro atoms. The molecule has 0 unspecified atom stereocenters. The molecule has 1 heterocycles. The number of H-pyrrole nitrogens is 1. The third-order valence-electron chi connectivity index (χ3n) is 4.09. The summed E-state index contributed by atoms with van der Waals surface area (Å²) in [6, 6.07) is 13.5. The van der Waals surface area contributed by atoms with Crippen LogP contribution in [0, 0.1) is 0 Å². The van der Waals surface area contributed by atoms with Crippen molar-refractivity contribution in [1.82, 2.24) is 15.3 Å². The predicted octanol–water partition coefficient (Wildman–Crippen LogP) is 3.04. The minimum Gasteiger partial charge on any atom is -0.493 e. The number of carbonyl (C=O) groups excluding carboxylic acids is 1. The molecule has 1 amide bonds. The Balaban J connectivity index is 1.47. The number of aromatic nitrogens is 2. The predicted molar refractivity (Wildman–Crippen MR) is 105 cm³/mol. The number of hydrogen-bond donors (Lipinski definition) is 2. The first-order chi connectivity index (χ1) is 13.2. The molecule has 140 valence electrons. The molecule has 3 aromatic rings. The number of rotatable bonds is 9. The van der Waals surface area contributed by atoms with Gasteiger partial charge in [0.2, 0.25) is 0 Å². The quantitative estimate of drug-likeness (QED) is 0.572. The van der Waals surface area contributed by atoms with Crippen LogP contribution in [-0.2, 0) is 17.6 Å². The fraction of sp³-hybridized carbons (Fsp3) is 0.238. The van der Waals surface area contributed by atoms with Crippen LogP contribution in [0.4, 0.5) is 0 Å². The molecule has 0 bridgehead atoms. The number of imidazole rings is 1. The molecule has 1 aromatic heterocycles. The molecule has 0 aliphatic carbocycles. The van der Waals surface area contributed by atoms with Crippen LogP contribution in [-0.4, -0.2) is 36.1 Å². The van der Waals surface area contributed by atoms with Gasteiger partial charge in [-0.05, 0) is 36.2 Å². The summed E-state index contributed by atoms with van der Waals surface area (Å²) in [5.41, 5.74) is 2.99. The SMILES string of the molecule is C=CCc1ccc(OCC(=O)NCCc2nc3ccccc3[nH]2)c(OC)c1. The highest BCUT2D eigenvalue weighted by atomic mass is 16.5. The summed E-state index contributed by atoms with van der Waals surface area (Å²) in [6.07, 6.45) is 3.20. The maximum Gasteiger partial charge on any atom is 0.257 e. The van der Waals surface area contributed by atoms with Crippen LogP contribution in [0.1, 0.15) is 11.4 Å². The third-order valence-corrected chi connectivity index (χ3v) is 4.09. The summed E-state index contributed by atoms with van der Waals surface area (Å²) < 4.78 is 10.9. The first-order valence-corrected chi connectivity index (χ1v) is 8.80. The van der Waals surface area contributed by atoms with E-state index >= 15 is 0 Å². The lowest BCUT2D eigenvalue weighted by Crippen LogP contribution is -2.30. The number of nitrogens with one attached hydrogen (secondary N) is 2. The molecule has 0 radical (unpaired) electrons. The van der Waals surface area contributed by atoms with Gasteiger partial charge in [-0.15, -0.1) is 6.58 Å². The molecule has 0 aliphatic rings. The van der Waals surface area contributed by atoms with Crippen LogP contribution in [0.15, 0.2) is 55.1 Å². The zero-order valence-electron chi connectivity index (χ0n) is 15.3. The Morgan fingerprint density at radius 3 is 2.89 bits per heavy atom. The highest BCUT2D eigenvalue weighted by Crippen LogP contribution is 2.28. The van der Waals surface area contributed by atoms with Crippen molar-refractivity contribution in [2.45, 2.75) is 12.8 Å². The lowest BCUT2D eigenvalue weighted by atomic mass is 10.1. The van der Waals surface area contributed by atoms with Gasteiger partial charge < -0.3 is 19.8 Å². The van der Waals surface area contributed by atoms with Crippen molar-refractivity contribution >= 4 is 16.9 Å². The highest BCUT2D eigenvalue weighted by Gasteiger charge is 2.09. The van der Waals surface area contributed by atoms with E-state index in [1.165, 1.54) is 0 Å². The molecule has 0 atom stereocenters.